The minimum atomic E-state index is -0.0256. The summed E-state index contributed by atoms with van der Waals surface area (Å²) in [6.45, 7) is 4.34. The fraction of sp³-hybridized carbons (Fsp3) is 0.538. The third-order valence-electron chi connectivity index (χ3n) is 2.96. The number of benzene rings is 1. The van der Waals surface area contributed by atoms with E-state index in [-0.39, 0.29) is 6.04 Å². The van der Waals surface area contributed by atoms with E-state index in [2.05, 4.69) is 15.9 Å². The average molecular weight is 300 g/mol. The first-order valence-electron chi connectivity index (χ1n) is 5.92. The van der Waals surface area contributed by atoms with Crippen LogP contribution in [0.3, 0.4) is 0 Å². The van der Waals surface area contributed by atoms with E-state index in [1.165, 1.54) is 0 Å². The van der Waals surface area contributed by atoms with Crippen LogP contribution in [0.5, 0.6) is 5.75 Å². The van der Waals surface area contributed by atoms with E-state index in [4.69, 9.17) is 15.2 Å². The topological polar surface area (TPSA) is 44.5 Å². The van der Waals surface area contributed by atoms with Crippen molar-refractivity contribution in [1.82, 2.24) is 0 Å². The summed E-state index contributed by atoms with van der Waals surface area (Å²) in [7, 11) is 0. The van der Waals surface area contributed by atoms with E-state index in [0.29, 0.717) is 12.5 Å². The zero-order valence-corrected chi connectivity index (χ0v) is 11.6. The van der Waals surface area contributed by atoms with E-state index in [1.807, 2.05) is 25.1 Å². The molecule has 94 valence electrons. The highest BCUT2D eigenvalue weighted by atomic mass is 79.9. The quantitative estimate of drug-likeness (QED) is 0.930. The van der Waals surface area contributed by atoms with Gasteiger partial charge in [-0.15, -0.1) is 0 Å². The summed E-state index contributed by atoms with van der Waals surface area (Å²) in [5.41, 5.74) is 6.98. The Kier molecular flexibility index (Phi) is 4.42. The van der Waals surface area contributed by atoms with Crippen LogP contribution in [0.2, 0.25) is 0 Å². The minimum Gasteiger partial charge on any atom is -0.493 e. The second-order valence-electron chi connectivity index (χ2n) is 4.51. The van der Waals surface area contributed by atoms with Crippen molar-refractivity contribution in [2.75, 3.05) is 19.8 Å². The Morgan fingerprint density at radius 3 is 3.06 bits per heavy atom. The molecule has 1 aliphatic heterocycles. The molecular formula is C13H18BrNO2. The van der Waals surface area contributed by atoms with Crippen LogP contribution in [0.25, 0.3) is 0 Å². The van der Waals surface area contributed by atoms with Crippen molar-refractivity contribution in [3.05, 3.63) is 28.2 Å². The first kappa shape index (κ1) is 12.9. The Labute approximate surface area is 110 Å². The van der Waals surface area contributed by atoms with Gasteiger partial charge in [-0.2, -0.15) is 0 Å². The lowest BCUT2D eigenvalue weighted by molar-refractivity contribution is 0.166. The SMILES string of the molecule is CC(N)c1cc(Br)ccc1OCC1CCOC1. The van der Waals surface area contributed by atoms with Crippen molar-refractivity contribution < 1.29 is 9.47 Å². The van der Waals surface area contributed by atoms with Gasteiger partial charge in [-0.25, -0.2) is 0 Å². The van der Waals surface area contributed by atoms with Gasteiger partial charge in [0.15, 0.2) is 0 Å². The smallest absolute Gasteiger partial charge is 0.124 e. The van der Waals surface area contributed by atoms with Crippen LogP contribution in [-0.4, -0.2) is 19.8 Å². The van der Waals surface area contributed by atoms with E-state index in [0.717, 1.165) is 35.4 Å². The maximum absolute atomic E-state index is 5.94. The number of hydrogen-bond donors (Lipinski definition) is 1. The predicted molar refractivity (Wildman–Crippen MR) is 71.2 cm³/mol. The molecule has 0 spiro atoms. The zero-order chi connectivity index (χ0) is 12.3. The normalized spacial score (nSPS) is 21.5. The van der Waals surface area contributed by atoms with E-state index < -0.39 is 0 Å². The summed E-state index contributed by atoms with van der Waals surface area (Å²) < 4.78 is 12.2. The van der Waals surface area contributed by atoms with Gasteiger partial charge in [0.25, 0.3) is 0 Å². The molecule has 0 amide bonds. The first-order valence-corrected chi connectivity index (χ1v) is 6.71. The van der Waals surface area contributed by atoms with Crippen molar-refractivity contribution in [1.29, 1.82) is 0 Å². The summed E-state index contributed by atoms with van der Waals surface area (Å²) >= 11 is 3.45. The second-order valence-corrected chi connectivity index (χ2v) is 5.43. The molecule has 0 aliphatic carbocycles. The Morgan fingerprint density at radius 2 is 2.41 bits per heavy atom. The van der Waals surface area contributed by atoms with Crippen molar-refractivity contribution in [2.45, 2.75) is 19.4 Å². The molecule has 17 heavy (non-hydrogen) atoms. The molecule has 0 saturated carbocycles. The molecule has 1 aromatic rings. The third kappa shape index (κ3) is 3.44. The second kappa shape index (κ2) is 5.85. The Balaban J connectivity index is 2.03. The van der Waals surface area contributed by atoms with Gasteiger partial charge in [-0.3, -0.25) is 0 Å². The number of nitrogens with two attached hydrogens (primary N) is 1. The van der Waals surface area contributed by atoms with Crippen molar-refractivity contribution in [3.63, 3.8) is 0 Å². The Morgan fingerprint density at radius 1 is 1.59 bits per heavy atom. The van der Waals surface area contributed by atoms with Crippen LogP contribution in [-0.2, 0) is 4.74 Å². The van der Waals surface area contributed by atoms with E-state index >= 15 is 0 Å². The molecule has 0 aromatic heterocycles. The van der Waals surface area contributed by atoms with Gasteiger partial charge in [-0.1, -0.05) is 15.9 Å². The summed E-state index contributed by atoms with van der Waals surface area (Å²) in [5, 5.41) is 0. The van der Waals surface area contributed by atoms with Crippen LogP contribution in [0.1, 0.15) is 24.9 Å². The molecule has 2 rings (SSSR count). The molecule has 2 N–H and O–H groups in total. The lowest BCUT2D eigenvalue weighted by atomic mass is 10.1. The average Bonchev–Trinajstić information content (AvgIpc) is 2.80. The number of rotatable bonds is 4. The maximum Gasteiger partial charge on any atom is 0.124 e. The van der Waals surface area contributed by atoms with Gasteiger partial charge in [0, 0.05) is 28.6 Å². The van der Waals surface area contributed by atoms with Crippen LogP contribution in [0.15, 0.2) is 22.7 Å². The molecule has 1 aliphatic rings. The monoisotopic (exact) mass is 299 g/mol. The van der Waals surface area contributed by atoms with Gasteiger partial charge < -0.3 is 15.2 Å². The van der Waals surface area contributed by atoms with Crippen molar-refractivity contribution in [3.8, 4) is 5.75 Å². The summed E-state index contributed by atoms with van der Waals surface area (Å²) in [4.78, 5) is 0. The minimum absolute atomic E-state index is 0.0256. The molecule has 2 unspecified atom stereocenters. The van der Waals surface area contributed by atoms with E-state index in [1.54, 1.807) is 0 Å². The summed E-state index contributed by atoms with van der Waals surface area (Å²) in [5.74, 6) is 1.40. The van der Waals surface area contributed by atoms with Gasteiger partial charge in [0.1, 0.15) is 5.75 Å². The largest absolute Gasteiger partial charge is 0.493 e. The molecule has 4 heteroatoms. The number of hydrogen-bond acceptors (Lipinski definition) is 3. The lowest BCUT2D eigenvalue weighted by Crippen LogP contribution is -2.14. The molecule has 0 bridgehead atoms. The summed E-state index contributed by atoms with van der Waals surface area (Å²) in [6.07, 6.45) is 1.09. The zero-order valence-electron chi connectivity index (χ0n) is 9.99. The fourth-order valence-electron chi connectivity index (χ4n) is 1.93. The molecule has 3 nitrogen and oxygen atoms in total. The maximum atomic E-state index is 5.94. The number of halogens is 1. The standard InChI is InChI=1S/C13H18BrNO2/c1-9(15)12-6-11(14)2-3-13(12)17-8-10-4-5-16-7-10/h2-3,6,9-10H,4-5,7-8,15H2,1H3. The van der Waals surface area contributed by atoms with Crippen LogP contribution in [0.4, 0.5) is 0 Å². The highest BCUT2D eigenvalue weighted by Gasteiger charge is 2.17. The Hall–Kier alpha value is -0.580. The fourth-order valence-corrected chi connectivity index (χ4v) is 2.31. The molecule has 2 atom stereocenters. The lowest BCUT2D eigenvalue weighted by Gasteiger charge is -2.16. The molecule has 1 fully saturated rings. The Bertz CT molecular complexity index is 376. The molecule has 1 aromatic carbocycles. The van der Waals surface area contributed by atoms with Gasteiger partial charge in [-0.05, 0) is 31.5 Å². The summed E-state index contributed by atoms with van der Waals surface area (Å²) in [6, 6.07) is 5.94. The van der Waals surface area contributed by atoms with Crippen LogP contribution < -0.4 is 10.5 Å². The highest BCUT2D eigenvalue weighted by molar-refractivity contribution is 9.10. The molecule has 0 radical (unpaired) electrons. The molecule has 1 heterocycles. The molecule has 1 saturated heterocycles. The van der Waals surface area contributed by atoms with Gasteiger partial charge in [0.05, 0.1) is 13.2 Å². The van der Waals surface area contributed by atoms with E-state index in [9.17, 15) is 0 Å². The van der Waals surface area contributed by atoms with Crippen LogP contribution >= 0.6 is 15.9 Å². The van der Waals surface area contributed by atoms with Crippen molar-refractivity contribution >= 4 is 15.9 Å². The number of ether oxygens (including phenoxy) is 2. The predicted octanol–water partition coefficient (Wildman–Crippen LogP) is 2.88. The third-order valence-corrected chi connectivity index (χ3v) is 3.45. The van der Waals surface area contributed by atoms with Crippen LogP contribution in [0, 0.1) is 5.92 Å². The highest BCUT2D eigenvalue weighted by Crippen LogP contribution is 2.28. The van der Waals surface area contributed by atoms with Gasteiger partial charge in [0.2, 0.25) is 0 Å². The van der Waals surface area contributed by atoms with Crippen molar-refractivity contribution in [2.24, 2.45) is 11.7 Å². The molecular weight excluding hydrogens is 282 g/mol. The van der Waals surface area contributed by atoms with Gasteiger partial charge >= 0.3 is 0 Å². The first-order chi connectivity index (χ1) is 8.16.